The van der Waals surface area contributed by atoms with Gasteiger partial charge in [0, 0.05) is 33.8 Å². The zero-order valence-electron chi connectivity index (χ0n) is 29.5. The van der Waals surface area contributed by atoms with E-state index in [9.17, 15) is 14.9 Å². The van der Waals surface area contributed by atoms with Gasteiger partial charge in [0.05, 0.1) is 29.7 Å². The summed E-state index contributed by atoms with van der Waals surface area (Å²) >= 11 is 8.83. The summed E-state index contributed by atoms with van der Waals surface area (Å²) in [6, 6.07) is 14.8. The van der Waals surface area contributed by atoms with Crippen molar-refractivity contribution < 1.29 is 19.1 Å². The average molecular weight is 774 g/mol. The fourth-order valence-electron chi connectivity index (χ4n) is 4.98. The fourth-order valence-corrected chi connectivity index (χ4v) is 6.92. The van der Waals surface area contributed by atoms with Crippen LogP contribution in [0.15, 0.2) is 63.9 Å². The summed E-state index contributed by atoms with van der Waals surface area (Å²) in [7, 11) is 0. The molecule has 0 aliphatic heterocycles. The number of ether oxygens (including phenoxy) is 2. The molecule has 2 aromatic carbocycles. The number of benzene rings is 2. The van der Waals surface area contributed by atoms with Crippen LogP contribution in [0.25, 0.3) is 26.5 Å². The van der Waals surface area contributed by atoms with E-state index in [4.69, 9.17) is 49.8 Å². The summed E-state index contributed by atoms with van der Waals surface area (Å²) in [4.78, 5) is 42.2. The van der Waals surface area contributed by atoms with Gasteiger partial charge in [0.2, 0.25) is 11.6 Å². The van der Waals surface area contributed by atoms with Crippen LogP contribution in [0.2, 0.25) is 5.02 Å². The number of halogens is 1. The first kappa shape index (κ1) is 40.6. The third-order valence-corrected chi connectivity index (χ3v) is 9.92. The number of nitrogens with two attached hydrogens (primary N) is 3. The molecule has 0 aliphatic rings. The van der Waals surface area contributed by atoms with Gasteiger partial charge in [-0.25, -0.2) is 19.6 Å². The highest BCUT2D eigenvalue weighted by Crippen LogP contribution is 2.42. The van der Waals surface area contributed by atoms with Crippen LogP contribution >= 0.6 is 34.7 Å². The Hall–Kier alpha value is -5.19. The van der Waals surface area contributed by atoms with Gasteiger partial charge in [-0.05, 0) is 55.5 Å². The van der Waals surface area contributed by atoms with Crippen molar-refractivity contribution in [2.24, 2.45) is 22.4 Å². The van der Waals surface area contributed by atoms with E-state index in [1.165, 1.54) is 23.1 Å². The summed E-state index contributed by atoms with van der Waals surface area (Å²) in [5.41, 5.74) is 20.8. The van der Waals surface area contributed by atoms with E-state index in [0.29, 0.717) is 57.9 Å². The lowest BCUT2D eigenvalue weighted by Crippen LogP contribution is -2.51. The number of nitrogen functional groups attached to an aromatic ring is 1. The number of nitrogens with zero attached hydrogens (tertiary/aromatic N) is 5. The molecular weight excluding hydrogens is 734 g/mol. The van der Waals surface area contributed by atoms with Crippen molar-refractivity contribution in [2.75, 3.05) is 25.5 Å². The monoisotopic (exact) mass is 773 g/mol. The van der Waals surface area contributed by atoms with E-state index in [0.717, 1.165) is 16.3 Å². The zero-order valence-corrected chi connectivity index (χ0v) is 31.9. The smallest absolute Gasteiger partial charge is 0.329 e. The molecule has 0 unspecified atom stereocenters. The third kappa shape index (κ3) is 11.4. The number of carbonyl (C=O) groups excluding carboxylic acids is 2. The molecule has 53 heavy (non-hydrogen) atoms. The summed E-state index contributed by atoms with van der Waals surface area (Å²) in [6.07, 6.45) is 0.970. The number of thiazole rings is 1. The number of pyridine rings is 1. The molecule has 4 aromatic rings. The molecular formula is C37H40ClN9O4S2. The molecule has 4 rings (SSSR count). The van der Waals surface area contributed by atoms with Gasteiger partial charge in [-0.2, -0.15) is 5.26 Å². The number of aliphatic imine (C=N–C) groups is 1. The van der Waals surface area contributed by atoms with Crippen LogP contribution in [0, 0.1) is 23.8 Å². The second-order valence-electron chi connectivity index (χ2n) is 12.1. The summed E-state index contributed by atoms with van der Waals surface area (Å²) < 4.78 is 11.2. The molecule has 0 saturated heterocycles. The lowest BCUT2D eigenvalue weighted by atomic mass is 10.00. The Balaban J connectivity index is 1.36. The minimum atomic E-state index is -0.882. The second-order valence-corrected chi connectivity index (χ2v) is 14.4. The molecule has 2 heterocycles. The van der Waals surface area contributed by atoms with Crippen LogP contribution in [0.4, 0.5) is 11.5 Å². The van der Waals surface area contributed by atoms with Crippen molar-refractivity contribution in [3.05, 3.63) is 81.6 Å². The van der Waals surface area contributed by atoms with Gasteiger partial charge in [0.15, 0.2) is 0 Å². The molecule has 0 radical (unpaired) electrons. The number of rotatable bonds is 17. The standard InChI is InChI=1S/C37H40ClN9O4S2/c1-21(2)31(46-34(48)29(41)6-5-15-44-22(3)40)37(49)51-17-16-50-27-13-9-23(10-14-27)30-28(18-39)36(47-33(42)32(30)43-4)53-20-26-19-52-35(45-26)24-7-11-25(38)12-8-24/h7-14,19,21,29,31H,5-6,15-17,20,41H2,1-3H3,(H2,40,44)(H2,42,47)(H,46,48)/t29-,31-/m0/s1. The van der Waals surface area contributed by atoms with Crippen LogP contribution in [0.5, 0.6) is 5.75 Å². The van der Waals surface area contributed by atoms with Gasteiger partial charge in [0.25, 0.3) is 0 Å². The molecule has 276 valence electrons. The normalized spacial score (nSPS) is 12.4. The lowest BCUT2D eigenvalue weighted by molar-refractivity contribution is -0.150. The molecule has 1 amide bonds. The molecule has 2 atom stereocenters. The number of carbonyl (C=O) groups is 2. The lowest BCUT2D eigenvalue weighted by Gasteiger charge is -2.22. The molecule has 13 nitrogen and oxygen atoms in total. The molecule has 0 saturated carbocycles. The Morgan fingerprint density at radius 1 is 1.13 bits per heavy atom. The van der Waals surface area contributed by atoms with Crippen molar-refractivity contribution in [3.8, 4) is 33.5 Å². The Morgan fingerprint density at radius 3 is 2.47 bits per heavy atom. The number of nitrogens with one attached hydrogen (secondary N) is 1. The van der Waals surface area contributed by atoms with Crippen molar-refractivity contribution >= 4 is 63.9 Å². The Bertz CT molecular complexity index is 2000. The molecule has 0 aliphatic carbocycles. The van der Waals surface area contributed by atoms with E-state index in [-0.39, 0.29) is 36.2 Å². The van der Waals surface area contributed by atoms with Crippen molar-refractivity contribution in [1.82, 2.24) is 15.3 Å². The predicted octanol–water partition coefficient (Wildman–Crippen LogP) is 6.37. The Morgan fingerprint density at radius 2 is 1.83 bits per heavy atom. The minimum Gasteiger partial charge on any atom is -0.490 e. The van der Waals surface area contributed by atoms with Gasteiger partial charge in [-0.15, -0.1) is 11.3 Å². The number of aromatic nitrogens is 2. The number of thioether (sulfide) groups is 1. The van der Waals surface area contributed by atoms with Crippen molar-refractivity contribution in [1.29, 1.82) is 5.26 Å². The Labute approximate surface area is 321 Å². The van der Waals surface area contributed by atoms with Crippen molar-refractivity contribution in [3.63, 3.8) is 0 Å². The highest BCUT2D eigenvalue weighted by Gasteiger charge is 2.28. The molecule has 7 N–H and O–H groups in total. The van der Waals surface area contributed by atoms with E-state index in [2.05, 4.69) is 26.2 Å². The first-order valence-electron chi connectivity index (χ1n) is 16.6. The number of hydrogen-bond donors (Lipinski definition) is 4. The molecule has 0 fully saturated rings. The van der Waals surface area contributed by atoms with Crippen LogP contribution < -0.4 is 27.3 Å². The summed E-state index contributed by atoms with van der Waals surface area (Å²) in [6.45, 7) is 13.5. The Kier molecular flexibility index (Phi) is 15.0. The topological polar surface area (TPSA) is 209 Å². The van der Waals surface area contributed by atoms with Crippen LogP contribution in [0.3, 0.4) is 0 Å². The van der Waals surface area contributed by atoms with E-state index in [1.807, 2.05) is 29.6 Å². The van der Waals surface area contributed by atoms with Gasteiger partial charge >= 0.3 is 5.97 Å². The van der Waals surface area contributed by atoms with Gasteiger partial charge < -0.3 is 32.0 Å². The molecule has 2 aromatic heterocycles. The SMILES string of the molecule is [C-]#[N+]c1c(N)nc(SCc2csc(-c3ccc(Cl)cc3)n2)c(C#N)c1-c1ccc(OCCOC(=O)[C@@H](NC(=O)[C@@H](N)CCCN=C(C)N)C(C)C)cc1. The molecule has 16 heteroatoms. The summed E-state index contributed by atoms with van der Waals surface area (Å²) in [5.74, 6) is 0.0989. The largest absolute Gasteiger partial charge is 0.490 e. The number of anilines is 1. The number of amides is 1. The maximum atomic E-state index is 12.8. The summed E-state index contributed by atoms with van der Waals surface area (Å²) in [5, 5.41) is 16.7. The maximum absolute atomic E-state index is 12.8. The molecule has 0 bridgehead atoms. The number of esters is 1. The quantitative estimate of drug-likeness (QED) is 0.0231. The maximum Gasteiger partial charge on any atom is 0.329 e. The number of hydrogen-bond acceptors (Lipinski definition) is 12. The minimum absolute atomic E-state index is 0.0176. The van der Waals surface area contributed by atoms with E-state index >= 15 is 0 Å². The highest BCUT2D eigenvalue weighted by molar-refractivity contribution is 7.98. The van der Waals surface area contributed by atoms with Gasteiger partial charge in [-0.3, -0.25) is 9.79 Å². The highest BCUT2D eigenvalue weighted by atomic mass is 35.5. The first-order valence-corrected chi connectivity index (χ1v) is 18.8. The third-order valence-electron chi connectivity index (χ3n) is 7.72. The fraction of sp³-hybridized carbons (Fsp3) is 0.324. The number of nitriles is 1. The van der Waals surface area contributed by atoms with Gasteiger partial charge in [-0.1, -0.05) is 61.5 Å². The molecule has 0 spiro atoms. The second kappa shape index (κ2) is 19.6. The van der Waals surface area contributed by atoms with Crippen LogP contribution in [-0.4, -0.2) is 59.5 Å². The van der Waals surface area contributed by atoms with E-state index in [1.54, 1.807) is 45.0 Å². The first-order chi connectivity index (χ1) is 25.4. The van der Waals surface area contributed by atoms with E-state index < -0.39 is 24.0 Å². The van der Waals surface area contributed by atoms with Crippen LogP contribution in [0.1, 0.15) is 44.9 Å². The zero-order chi connectivity index (χ0) is 38.5. The van der Waals surface area contributed by atoms with Gasteiger partial charge in [0.1, 0.15) is 46.9 Å². The van der Waals surface area contributed by atoms with Crippen molar-refractivity contribution in [2.45, 2.75) is 56.5 Å². The predicted molar refractivity (Wildman–Crippen MR) is 210 cm³/mol. The average Bonchev–Trinajstić information content (AvgIpc) is 3.62. The van der Waals surface area contributed by atoms with Crippen LogP contribution in [-0.2, 0) is 20.1 Å². The number of amidine groups is 1.